The lowest BCUT2D eigenvalue weighted by atomic mass is 10.0. The first kappa shape index (κ1) is 15.9. The Balaban J connectivity index is 2.01. The van der Waals surface area contributed by atoms with Crippen molar-refractivity contribution in [2.45, 2.75) is 12.8 Å². The number of quaternary nitrogens is 1. The van der Waals surface area contributed by atoms with Crippen LogP contribution < -0.4 is 4.90 Å². The van der Waals surface area contributed by atoms with E-state index in [9.17, 15) is 4.79 Å². The fraction of sp³-hybridized carbons (Fsp3) is 0.278. The lowest BCUT2D eigenvalue weighted by Gasteiger charge is -2.07. The summed E-state index contributed by atoms with van der Waals surface area (Å²) in [4.78, 5) is 13.5. The Morgan fingerprint density at radius 3 is 2.00 bits per heavy atom. The van der Waals surface area contributed by atoms with Crippen LogP contribution in [0.4, 0.5) is 0 Å². The van der Waals surface area contributed by atoms with Gasteiger partial charge in [0.1, 0.15) is 0 Å². The van der Waals surface area contributed by atoms with Crippen molar-refractivity contribution in [3.63, 3.8) is 0 Å². The van der Waals surface area contributed by atoms with Gasteiger partial charge in [-0.3, -0.25) is 4.79 Å². The normalized spacial score (nSPS) is 10.9. The van der Waals surface area contributed by atoms with E-state index >= 15 is 0 Å². The topological polar surface area (TPSA) is 21.5 Å². The Labute approximate surface area is 134 Å². The van der Waals surface area contributed by atoms with Gasteiger partial charge in [0.05, 0.1) is 20.6 Å². The van der Waals surface area contributed by atoms with Crippen molar-refractivity contribution in [2.24, 2.45) is 0 Å². The fourth-order valence-corrected chi connectivity index (χ4v) is 2.50. The number of carbonyl (C=O) groups excluding carboxylic acids is 1. The van der Waals surface area contributed by atoms with E-state index in [-0.39, 0.29) is 5.78 Å². The fourth-order valence-electron chi connectivity index (χ4n) is 2.24. The summed E-state index contributed by atoms with van der Waals surface area (Å²) in [6.07, 6.45) is 1.57. The highest BCUT2D eigenvalue weighted by Gasteiger charge is 2.07. The van der Waals surface area contributed by atoms with Crippen molar-refractivity contribution in [3.8, 4) is 11.1 Å². The molecule has 0 heterocycles. The number of benzene rings is 2. The smallest absolute Gasteiger partial charge is 0.163 e. The van der Waals surface area contributed by atoms with Gasteiger partial charge in [0, 0.05) is 22.9 Å². The molecule has 0 radical (unpaired) electrons. The molecular formula is C18H21BrNO+. The maximum Gasteiger partial charge on any atom is 0.163 e. The minimum Gasteiger partial charge on any atom is -0.340 e. The maximum absolute atomic E-state index is 12.1. The summed E-state index contributed by atoms with van der Waals surface area (Å²) in [5, 5.41) is 0. The number of hydrogen-bond donors (Lipinski definition) is 1. The monoisotopic (exact) mass is 346 g/mol. The van der Waals surface area contributed by atoms with Crippen LogP contribution in [-0.4, -0.2) is 26.4 Å². The molecule has 0 fully saturated rings. The Kier molecular flexibility index (Phi) is 5.71. The molecular weight excluding hydrogens is 326 g/mol. The average molecular weight is 347 g/mol. The van der Waals surface area contributed by atoms with Gasteiger partial charge in [-0.15, -0.1) is 0 Å². The van der Waals surface area contributed by atoms with Crippen LogP contribution in [0.2, 0.25) is 0 Å². The molecule has 2 nitrogen and oxygen atoms in total. The quantitative estimate of drug-likeness (QED) is 0.796. The van der Waals surface area contributed by atoms with Gasteiger partial charge >= 0.3 is 0 Å². The minimum atomic E-state index is 0.235. The minimum absolute atomic E-state index is 0.235. The van der Waals surface area contributed by atoms with Crippen LogP contribution in [0.3, 0.4) is 0 Å². The first-order chi connectivity index (χ1) is 10.1. The predicted octanol–water partition coefficient (Wildman–Crippen LogP) is 3.22. The van der Waals surface area contributed by atoms with E-state index in [2.05, 4.69) is 42.2 Å². The molecule has 0 aliphatic carbocycles. The van der Waals surface area contributed by atoms with E-state index in [1.807, 2.05) is 36.4 Å². The third kappa shape index (κ3) is 4.80. The molecule has 0 atom stereocenters. The van der Waals surface area contributed by atoms with Crippen molar-refractivity contribution in [2.75, 3.05) is 20.6 Å². The molecule has 0 aromatic heterocycles. The second-order valence-electron chi connectivity index (χ2n) is 5.57. The Bertz CT molecular complexity index is 588. The molecule has 0 spiro atoms. The van der Waals surface area contributed by atoms with Gasteiger partial charge in [-0.2, -0.15) is 0 Å². The van der Waals surface area contributed by atoms with Crippen LogP contribution in [0.5, 0.6) is 0 Å². The van der Waals surface area contributed by atoms with E-state index in [1.54, 1.807) is 0 Å². The average Bonchev–Trinajstić information content (AvgIpc) is 2.48. The van der Waals surface area contributed by atoms with Crippen LogP contribution in [-0.2, 0) is 0 Å². The molecule has 0 saturated carbocycles. The highest BCUT2D eigenvalue weighted by molar-refractivity contribution is 9.10. The van der Waals surface area contributed by atoms with Crippen LogP contribution in [0.15, 0.2) is 53.0 Å². The molecule has 0 amide bonds. The third-order valence-electron chi connectivity index (χ3n) is 3.47. The summed E-state index contributed by atoms with van der Waals surface area (Å²) in [6.45, 7) is 1.03. The van der Waals surface area contributed by atoms with Crippen molar-refractivity contribution >= 4 is 21.7 Å². The number of ketones is 1. The second-order valence-corrected chi connectivity index (χ2v) is 6.48. The number of hydrogen-bond acceptors (Lipinski definition) is 1. The lowest BCUT2D eigenvalue weighted by Crippen LogP contribution is -3.05. The molecule has 21 heavy (non-hydrogen) atoms. The number of Topliss-reactive ketones (excluding diaryl/α,β-unsaturated/α-hetero) is 1. The molecule has 0 bridgehead atoms. The van der Waals surface area contributed by atoms with Crippen LogP contribution in [0.1, 0.15) is 23.2 Å². The van der Waals surface area contributed by atoms with E-state index in [1.165, 1.54) is 4.90 Å². The largest absolute Gasteiger partial charge is 0.340 e. The molecule has 1 N–H and O–H groups in total. The first-order valence-electron chi connectivity index (χ1n) is 7.24. The SMILES string of the molecule is C[NH+](C)CCCC(=O)c1ccc(-c2ccc(Br)cc2)cc1. The Morgan fingerprint density at radius 1 is 0.952 bits per heavy atom. The summed E-state index contributed by atoms with van der Waals surface area (Å²) < 4.78 is 1.07. The Hall–Kier alpha value is -1.45. The number of halogens is 1. The van der Waals surface area contributed by atoms with Gasteiger partial charge in [0.25, 0.3) is 0 Å². The summed E-state index contributed by atoms with van der Waals surface area (Å²) in [5.41, 5.74) is 3.11. The van der Waals surface area contributed by atoms with Crippen LogP contribution in [0, 0.1) is 0 Å². The molecule has 0 aliphatic heterocycles. The van der Waals surface area contributed by atoms with E-state index < -0.39 is 0 Å². The van der Waals surface area contributed by atoms with Gasteiger partial charge in [0.2, 0.25) is 0 Å². The summed E-state index contributed by atoms with van der Waals surface area (Å²) in [7, 11) is 4.22. The zero-order valence-electron chi connectivity index (χ0n) is 12.5. The van der Waals surface area contributed by atoms with E-state index in [0.29, 0.717) is 6.42 Å². The summed E-state index contributed by atoms with van der Waals surface area (Å²) in [5.74, 6) is 0.235. The maximum atomic E-state index is 12.1. The van der Waals surface area contributed by atoms with Gasteiger partial charge in [0.15, 0.2) is 5.78 Å². The van der Waals surface area contributed by atoms with Gasteiger partial charge in [-0.25, -0.2) is 0 Å². The molecule has 3 heteroatoms. The van der Waals surface area contributed by atoms with Crippen LogP contribution >= 0.6 is 15.9 Å². The predicted molar refractivity (Wildman–Crippen MR) is 90.8 cm³/mol. The van der Waals surface area contributed by atoms with Gasteiger partial charge in [-0.1, -0.05) is 52.3 Å². The highest BCUT2D eigenvalue weighted by atomic mass is 79.9. The molecule has 2 aromatic carbocycles. The number of rotatable bonds is 6. The standard InChI is InChI=1S/C18H20BrNO/c1-20(2)13-3-4-18(21)16-7-5-14(6-8-16)15-9-11-17(19)12-10-15/h5-12H,3-4,13H2,1-2H3/p+1. The van der Waals surface area contributed by atoms with Crippen molar-refractivity contribution in [1.29, 1.82) is 0 Å². The van der Waals surface area contributed by atoms with Crippen molar-refractivity contribution < 1.29 is 9.69 Å². The first-order valence-corrected chi connectivity index (χ1v) is 8.04. The van der Waals surface area contributed by atoms with E-state index in [0.717, 1.165) is 34.1 Å². The van der Waals surface area contributed by atoms with Gasteiger partial charge < -0.3 is 4.90 Å². The zero-order valence-corrected chi connectivity index (χ0v) is 14.1. The van der Waals surface area contributed by atoms with Crippen molar-refractivity contribution in [1.82, 2.24) is 0 Å². The van der Waals surface area contributed by atoms with Crippen LogP contribution in [0.25, 0.3) is 11.1 Å². The van der Waals surface area contributed by atoms with Gasteiger partial charge in [-0.05, 0) is 23.3 Å². The van der Waals surface area contributed by atoms with Crippen molar-refractivity contribution in [3.05, 3.63) is 58.6 Å². The number of nitrogens with one attached hydrogen (secondary N) is 1. The molecule has 110 valence electrons. The molecule has 2 rings (SSSR count). The molecule has 0 saturated heterocycles. The summed E-state index contributed by atoms with van der Waals surface area (Å²) >= 11 is 3.44. The Morgan fingerprint density at radius 2 is 1.48 bits per heavy atom. The number of carbonyl (C=O) groups is 1. The molecule has 2 aromatic rings. The third-order valence-corrected chi connectivity index (χ3v) is 3.99. The lowest BCUT2D eigenvalue weighted by molar-refractivity contribution is -0.858. The zero-order chi connectivity index (χ0) is 15.2. The van der Waals surface area contributed by atoms with E-state index in [4.69, 9.17) is 0 Å². The molecule has 0 unspecified atom stereocenters. The summed E-state index contributed by atoms with van der Waals surface area (Å²) in [6, 6.07) is 16.1. The highest BCUT2D eigenvalue weighted by Crippen LogP contribution is 2.22. The second kappa shape index (κ2) is 7.53. The molecule has 0 aliphatic rings.